The van der Waals surface area contributed by atoms with Crippen LogP contribution in [0.2, 0.25) is 0 Å². The van der Waals surface area contributed by atoms with Crippen LogP contribution in [-0.2, 0) is 20.9 Å². The van der Waals surface area contributed by atoms with Gasteiger partial charge in [-0.15, -0.1) is 0 Å². The molecule has 3 atom stereocenters. The fraction of sp³-hybridized carbons (Fsp3) is 0.375. The van der Waals surface area contributed by atoms with E-state index in [2.05, 4.69) is 5.32 Å². The predicted molar refractivity (Wildman–Crippen MR) is 114 cm³/mol. The zero-order chi connectivity index (χ0) is 22.7. The number of fused-ring (bicyclic) bond motifs is 2. The molecule has 0 saturated heterocycles. The van der Waals surface area contributed by atoms with Crippen LogP contribution in [0.25, 0.3) is 0 Å². The fourth-order valence-electron chi connectivity index (χ4n) is 4.78. The number of hydrogen-bond acceptors (Lipinski definition) is 4. The van der Waals surface area contributed by atoms with Gasteiger partial charge in [-0.1, -0.05) is 36.8 Å². The highest BCUT2D eigenvalue weighted by Gasteiger charge is 2.46. The van der Waals surface area contributed by atoms with Gasteiger partial charge in [0, 0.05) is 18.4 Å². The Morgan fingerprint density at radius 2 is 1.91 bits per heavy atom. The average Bonchev–Trinajstić information content (AvgIpc) is 3.25. The summed E-state index contributed by atoms with van der Waals surface area (Å²) in [5.74, 6) is -1.73. The summed E-state index contributed by atoms with van der Waals surface area (Å²) < 4.78 is 19.0. The second-order valence-electron chi connectivity index (χ2n) is 8.21. The van der Waals surface area contributed by atoms with Crippen LogP contribution in [-0.4, -0.2) is 29.1 Å². The van der Waals surface area contributed by atoms with Crippen molar-refractivity contribution in [3.05, 3.63) is 65.5 Å². The van der Waals surface area contributed by atoms with Crippen LogP contribution in [0, 0.1) is 11.7 Å². The lowest BCUT2D eigenvalue weighted by molar-refractivity contribution is -0.139. The number of halogens is 1. The molecule has 32 heavy (non-hydrogen) atoms. The molecule has 2 aromatic carbocycles. The lowest BCUT2D eigenvalue weighted by atomic mass is 9.83. The Morgan fingerprint density at radius 1 is 1.09 bits per heavy atom. The molecule has 4 rings (SSSR count). The van der Waals surface area contributed by atoms with E-state index in [1.165, 1.54) is 12.1 Å². The minimum absolute atomic E-state index is 0.000368. The summed E-state index contributed by atoms with van der Waals surface area (Å²) in [5, 5.41) is 11.9. The van der Waals surface area contributed by atoms with Gasteiger partial charge in [0.1, 0.15) is 12.4 Å². The molecule has 2 aromatic rings. The lowest BCUT2D eigenvalue weighted by Crippen LogP contribution is -2.51. The molecule has 2 aliphatic rings. The van der Waals surface area contributed by atoms with Gasteiger partial charge in [0.25, 0.3) is 0 Å². The third-order valence-corrected chi connectivity index (χ3v) is 6.15. The second kappa shape index (κ2) is 9.38. The smallest absolute Gasteiger partial charge is 0.414 e. The molecule has 7 nitrogen and oxygen atoms in total. The first-order valence-electron chi connectivity index (χ1n) is 10.7. The summed E-state index contributed by atoms with van der Waals surface area (Å²) >= 11 is 0. The van der Waals surface area contributed by atoms with Crippen LogP contribution in [0.1, 0.15) is 49.3 Å². The normalized spacial score (nSPS) is 21.4. The van der Waals surface area contributed by atoms with E-state index in [0.717, 1.165) is 24.8 Å². The number of nitrogens with zero attached hydrogens (tertiary/aromatic N) is 1. The van der Waals surface area contributed by atoms with E-state index >= 15 is 0 Å². The number of carbonyl (C=O) groups excluding carboxylic acids is 2. The van der Waals surface area contributed by atoms with E-state index in [1.807, 2.05) is 24.3 Å². The number of para-hydroxylation sites is 1. The first-order valence-corrected chi connectivity index (χ1v) is 10.7. The monoisotopic (exact) mass is 440 g/mol. The summed E-state index contributed by atoms with van der Waals surface area (Å²) in [7, 11) is 0. The SMILES string of the molecule is O=C(O)CCC(=O)NC1c2ccccc2N(C(=O)OCc2cccc(F)c2)C2CCCC12. The number of carbonyl (C=O) groups is 3. The topological polar surface area (TPSA) is 95.9 Å². The van der Waals surface area contributed by atoms with Crippen LogP contribution in [0.15, 0.2) is 48.5 Å². The molecule has 1 fully saturated rings. The van der Waals surface area contributed by atoms with E-state index in [9.17, 15) is 18.8 Å². The number of ether oxygens (including phenoxy) is 1. The van der Waals surface area contributed by atoms with E-state index in [0.29, 0.717) is 11.3 Å². The lowest BCUT2D eigenvalue weighted by Gasteiger charge is -2.43. The Bertz CT molecular complexity index is 1030. The molecule has 2 N–H and O–H groups in total. The maximum atomic E-state index is 13.4. The highest BCUT2D eigenvalue weighted by molar-refractivity contribution is 5.91. The molecule has 168 valence electrons. The molecular weight excluding hydrogens is 415 g/mol. The van der Waals surface area contributed by atoms with Crippen molar-refractivity contribution < 1.29 is 28.6 Å². The number of rotatable bonds is 6. The molecule has 2 amide bonds. The molecular formula is C24H25FN2O5. The maximum Gasteiger partial charge on any atom is 0.414 e. The molecule has 8 heteroatoms. The van der Waals surface area contributed by atoms with Crippen LogP contribution in [0.5, 0.6) is 0 Å². The fourth-order valence-corrected chi connectivity index (χ4v) is 4.78. The molecule has 1 heterocycles. The Hall–Kier alpha value is -3.42. The van der Waals surface area contributed by atoms with Crippen LogP contribution >= 0.6 is 0 Å². The maximum absolute atomic E-state index is 13.4. The minimum atomic E-state index is -1.02. The number of carboxylic acids is 1. The molecule has 0 bridgehead atoms. The molecule has 0 spiro atoms. The summed E-state index contributed by atoms with van der Waals surface area (Å²) in [4.78, 5) is 38.0. The quantitative estimate of drug-likeness (QED) is 0.703. The molecule has 1 saturated carbocycles. The van der Waals surface area contributed by atoms with Crippen molar-refractivity contribution in [2.45, 2.75) is 50.8 Å². The first kappa shape index (κ1) is 21.8. The van der Waals surface area contributed by atoms with Crippen molar-refractivity contribution in [1.29, 1.82) is 0 Å². The Balaban J connectivity index is 1.56. The predicted octanol–water partition coefficient (Wildman–Crippen LogP) is 4.17. The third kappa shape index (κ3) is 4.59. The van der Waals surface area contributed by atoms with Gasteiger partial charge in [-0.05, 0) is 42.2 Å². The van der Waals surface area contributed by atoms with Gasteiger partial charge in [0.05, 0.1) is 18.2 Å². The van der Waals surface area contributed by atoms with Crippen LogP contribution < -0.4 is 10.2 Å². The largest absolute Gasteiger partial charge is 0.481 e. The number of carboxylic acid groups (broad SMARTS) is 1. The summed E-state index contributed by atoms with van der Waals surface area (Å²) in [5.41, 5.74) is 2.04. The van der Waals surface area contributed by atoms with Crippen molar-refractivity contribution in [2.24, 2.45) is 5.92 Å². The zero-order valence-corrected chi connectivity index (χ0v) is 17.5. The molecule has 1 aliphatic carbocycles. The number of aliphatic carboxylic acids is 1. The van der Waals surface area contributed by atoms with Crippen molar-refractivity contribution in [2.75, 3.05) is 4.90 Å². The number of nitrogens with one attached hydrogen (secondary N) is 1. The van der Waals surface area contributed by atoms with Crippen molar-refractivity contribution in [3.63, 3.8) is 0 Å². The summed E-state index contributed by atoms with van der Waals surface area (Å²) in [6.45, 7) is -0.0397. The van der Waals surface area contributed by atoms with Gasteiger partial charge in [-0.25, -0.2) is 9.18 Å². The van der Waals surface area contributed by atoms with Gasteiger partial charge in [0.2, 0.25) is 5.91 Å². The third-order valence-electron chi connectivity index (χ3n) is 6.15. The second-order valence-corrected chi connectivity index (χ2v) is 8.21. The molecule has 0 radical (unpaired) electrons. The van der Waals surface area contributed by atoms with Gasteiger partial charge in [-0.2, -0.15) is 0 Å². The van der Waals surface area contributed by atoms with E-state index in [-0.39, 0.29) is 49.2 Å². The number of hydrogen-bond donors (Lipinski definition) is 2. The standard InChI is InChI=1S/C24H25FN2O5/c25-16-6-3-5-15(13-16)14-32-24(31)27-19-9-2-1-7-17(19)23(18-8-4-10-20(18)27)26-21(28)11-12-22(29)30/h1-3,5-7,9,13,18,20,23H,4,8,10-12,14H2,(H,26,28)(H,29,30). The Morgan fingerprint density at radius 3 is 2.69 bits per heavy atom. The number of benzene rings is 2. The van der Waals surface area contributed by atoms with Gasteiger partial charge in [-0.3, -0.25) is 14.5 Å². The van der Waals surface area contributed by atoms with E-state index in [1.54, 1.807) is 17.0 Å². The van der Waals surface area contributed by atoms with Crippen molar-refractivity contribution in [1.82, 2.24) is 5.32 Å². The van der Waals surface area contributed by atoms with Crippen LogP contribution in [0.4, 0.5) is 14.9 Å². The van der Waals surface area contributed by atoms with Gasteiger partial charge in [0.15, 0.2) is 0 Å². The van der Waals surface area contributed by atoms with E-state index in [4.69, 9.17) is 9.84 Å². The van der Waals surface area contributed by atoms with Crippen molar-refractivity contribution in [3.8, 4) is 0 Å². The molecule has 3 unspecified atom stereocenters. The van der Waals surface area contributed by atoms with Gasteiger partial charge < -0.3 is 15.2 Å². The highest BCUT2D eigenvalue weighted by atomic mass is 19.1. The number of anilines is 1. The summed E-state index contributed by atoms with van der Waals surface area (Å²) in [6, 6.07) is 12.9. The first-order chi connectivity index (χ1) is 15.4. The number of amides is 2. The summed E-state index contributed by atoms with van der Waals surface area (Å²) in [6.07, 6.45) is 1.68. The van der Waals surface area contributed by atoms with Gasteiger partial charge >= 0.3 is 12.1 Å². The average molecular weight is 440 g/mol. The highest BCUT2D eigenvalue weighted by Crippen LogP contribution is 2.48. The molecule has 1 aliphatic heterocycles. The van der Waals surface area contributed by atoms with Crippen molar-refractivity contribution >= 4 is 23.7 Å². The van der Waals surface area contributed by atoms with Crippen LogP contribution in [0.3, 0.4) is 0 Å². The molecule has 0 aromatic heterocycles. The zero-order valence-electron chi connectivity index (χ0n) is 17.5. The Kier molecular flexibility index (Phi) is 6.39. The minimum Gasteiger partial charge on any atom is -0.481 e. The van der Waals surface area contributed by atoms with E-state index < -0.39 is 12.1 Å². The Labute approximate surface area is 185 Å².